The van der Waals surface area contributed by atoms with Gasteiger partial charge in [0.1, 0.15) is 11.5 Å². The van der Waals surface area contributed by atoms with Crippen molar-refractivity contribution in [2.24, 2.45) is 0 Å². The van der Waals surface area contributed by atoms with Crippen molar-refractivity contribution in [1.29, 1.82) is 0 Å². The van der Waals surface area contributed by atoms with Crippen LogP contribution >= 0.6 is 0 Å². The fourth-order valence-corrected chi connectivity index (χ4v) is 4.93. The van der Waals surface area contributed by atoms with Crippen molar-refractivity contribution in [3.8, 4) is 11.5 Å². The molecule has 0 spiro atoms. The van der Waals surface area contributed by atoms with E-state index in [2.05, 4.69) is 44.8 Å². The minimum Gasteiger partial charge on any atom is -0.457 e. The van der Waals surface area contributed by atoms with Gasteiger partial charge in [-0.2, -0.15) is 0 Å². The van der Waals surface area contributed by atoms with Crippen LogP contribution in [0, 0.1) is 0 Å². The number of piperidine rings is 1. The maximum Gasteiger partial charge on any atom is 0.255 e. The van der Waals surface area contributed by atoms with E-state index >= 15 is 0 Å². The first-order chi connectivity index (χ1) is 19.6. The van der Waals surface area contributed by atoms with Crippen LogP contribution < -0.4 is 20.3 Å². The van der Waals surface area contributed by atoms with E-state index in [-0.39, 0.29) is 12.0 Å². The van der Waals surface area contributed by atoms with E-state index in [0.29, 0.717) is 11.3 Å². The van der Waals surface area contributed by atoms with E-state index in [0.717, 1.165) is 60.5 Å². The van der Waals surface area contributed by atoms with Gasteiger partial charge in [0.05, 0.1) is 6.10 Å². The molecule has 40 heavy (non-hydrogen) atoms. The molecule has 5 aromatic rings. The molecule has 7 nitrogen and oxygen atoms in total. The SMILES string of the molecule is O=C(Nc1ccc2cc[nH]c2c1)c1ccc(Oc2ccc(NCc3ccc(N4CCC(O)CC4)cc3)cc2)cc1. The molecule has 0 unspecified atom stereocenters. The quantitative estimate of drug-likeness (QED) is 0.177. The van der Waals surface area contributed by atoms with Gasteiger partial charge in [0, 0.05) is 54.0 Å². The summed E-state index contributed by atoms with van der Waals surface area (Å²) in [6.45, 7) is 2.53. The molecule has 0 radical (unpaired) electrons. The van der Waals surface area contributed by atoms with Crippen molar-refractivity contribution in [3.05, 3.63) is 114 Å². The average Bonchev–Trinajstić information content (AvgIpc) is 3.46. The van der Waals surface area contributed by atoms with Crippen molar-refractivity contribution in [2.75, 3.05) is 28.6 Å². The molecule has 4 aromatic carbocycles. The zero-order valence-corrected chi connectivity index (χ0v) is 22.1. The van der Waals surface area contributed by atoms with Crippen LogP contribution in [0.2, 0.25) is 0 Å². The number of aliphatic hydroxyl groups is 1. The topological polar surface area (TPSA) is 89.6 Å². The van der Waals surface area contributed by atoms with E-state index < -0.39 is 0 Å². The summed E-state index contributed by atoms with van der Waals surface area (Å²) in [7, 11) is 0. The van der Waals surface area contributed by atoms with E-state index in [1.165, 1.54) is 11.3 Å². The summed E-state index contributed by atoms with van der Waals surface area (Å²) in [5.74, 6) is 1.21. The molecule has 1 amide bonds. The van der Waals surface area contributed by atoms with Gasteiger partial charge in [-0.3, -0.25) is 4.79 Å². The Morgan fingerprint density at radius 1 is 0.850 bits per heavy atom. The summed E-state index contributed by atoms with van der Waals surface area (Å²) in [5, 5.41) is 17.2. The third kappa shape index (κ3) is 6.11. The Kier molecular flexibility index (Phi) is 7.37. The highest BCUT2D eigenvalue weighted by Gasteiger charge is 2.17. The highest BCUT2D eigenvalue weighted by Crippen LogP contribution is 2.25. The summed E-state index contributed by atoms with van der Waals surface area (Å²) in [6, 6.07) is 31.3. The highest BCUT2D eigenvalue weighted by atomic mass is 16.5. The number of nitrogens with zero attached hydrogens (tertiary/aromatic N) is 1. The average molecular weight is 533 g/mol. The minimum atomic E-state index is -0.172. The molecule has 0 aliphatic carbocycles. The number of fused-ring (bicyclic) bond motifs is 1. The molecular weight excluding hydrogens is 500 g/mol. The van der Waals surface area contributed by atoms with Crippen molar-refractivity contribution in [3.63, 3.8) is 0 Å². The molecule has 1 aliphatic rings. The van der Waals surface area contributed by atoms with Crippen LogP contribution in [0.4, 0.5) is 17.1 Å². The van der Waals surface area contributed by atoms with Gasteiger partial charge in [0.15, 0.2) is 0 Å². The summed E-state index contributed by atoms with van der Waals surface area (Å²) < 4.78 is 5.98. The van der Waals surface area contributed by atoms with Crippen LogP contribution in [0.25, 0.3) is 10.9 Å². The standard InChI is InChI=1S/C33H32N4O3/c38-29-16-19-37(20-17-29)28-9-1-23(2-10-28)22-35-26-7-13-31(14-8-26)40-30-11-4-25(5-12-30)33(39)36-27-6-3-24-15-18-34-32(24)21-27/h1-15,18,21,29,34-35,38H,16-17,19-20,22H2,(H,36,39). The zero-order chi connectivity index (χ0) is 27.3. The predicted molar refractivity (Wildman–Crippen MR) is 160 cm³/mol. The third-order valence-corrected chi connectivity index (χ3v) is 7.28. The number of aromatic nitrogens is 1. The number of benzene rings is 4. The lowest BCUT2D eigenvalue weighted by Crippen LogP contribution is -2.35. The van der Waals surface area contributed by atoms with Crippen molar-refractivity contribution < 1.29 is 14.6 Å². The van der Waals surface area contributed by atoms with Crippen molar-refractivity contribution in [1.82, 2.24) is 4.98 Å². The molecule has 6 rings (SSSR count). The first kappa shape index (κ1) is 25.5. The van der Waals surface area contributed by atoms with Gasteiger partial charge in [-0.15, -0.1) is 0 Å². The Bertz CT molecular complexity index is 1570. The fourth-order valence-electron chi connectivity index (χ4n) is 4.93. The fraction of sp³-hybridized carbons (Fsp3) is 0.182. The summed E-state index contributed by atoms with van der Waals surface area (Å²) in [5.41, 5.74) is 5.69. The number of hydrogen-bond acceptors (Lipinski definition) is 5. The molecular formula is C33H32N4O3. The number of H-pyrrole nitrogens is 1. The molecule has 202 valence electrons. The van der Waals surface area contributed by atoms with Gasteiger partial charge in [-0.1, -0.05) is 18.2 Å². The van der Waals surface area contributed by atoms with Gasteiger partial charge >= 0.3 is 0 Å². The lowest BCUT2D eigenvalue weighted by molar-refractivity contribution is 0.102. The number of anilines is 3. The summed E-state index contributed by atoms with van der Waals surface area (Å²) >= 11 is 0. The Hall–Kier alpha value is -4.75. The van der Waals surface area contributed by atoms with Crippen LogP contribution in [0.5, 0.6) is 11.5 Å². The van der Waals surface area contributed by atoms with Crippen LogP contribution in [0.1, 0.15) is 28.8 Å². The molecule has 4 N–H and O–H groups in total. The van der Waals surface area contributed by atoms with Crippen LogP contribution in [0.15, 0.2) is 103 Å². The van der Waals surface area contributed by atoms with Crippen LogP contribution in [-0.2, 0) is 6.54 Å². The van der Waals surface area contributed by atoms with Gasteiger partial charge in [0.25, 0.3) is 5.91 Å². The summed E-state index contributed by atoms with van der Waals surface area (Å²) in [6.07, 6.45) is 3.38. The molecule has 1 aromatic heterocycles. The third-order valence-electron chi connectivity index (χ3n) is 7.28. The van der Waals surface area contributed by atoms with E-state index in [1.807, 2.05) is 54.7 Å². The largest absolute Gasteiger partial charge is 0.457 e. The number of nitrogens with one attached hydrogen (secondary N) is 3. The monoisotopic (exact) mass is 532 g/mol. The molecule has 0 atom stereocenters. The maximum atomic E-state index is 12.7. The first-order valence-electron chi connectivity index (χ1n) is 13.6. The predicted octanol–water partition coefficient (Wildman–Crippen LogP) is 6.79. The Labute approximate surface area is 233 Å². The number of carbonyl (C=O) groups excluding carboxylic acids is 1. The number of hydrogen-bond donors (Lipinski definition) is 4. The van der Waals surface area contributed by atoms with E-state index in [9.17, 15) is 9.90 Å². The van der Waals surface area contributed by atoms with Crippen molar-refractivity contribution in [2.45, 2.75) is 25.5 Å². The second-order valence-electron chi connectivity index (χ2n) is 10.1. The van der Waals surface area contributed by atoms with Gasteiger partial charge in [0.2, 0.25) is 0 Å². The highest BCUT2D eigenvalue weighted by molar-refractivity contribution is 6.05. The number of aromatic amines is 1. The molecule has 0 bridgehead atoms. The zero-order valence-electron chi connectivity index (χ0n) is 22.1. The lowest BCUT2D eigenvalue weighted by Gasteiger charge is -2.31. The van der Waals surface area contributed by atoms with E-state index in [4.69, 9.17) is 4.74 Å². The number of rotatable bonds is 8. The molecule has 1 aliphatic heterocycles. The number of aliphatic hydroxyl groups excluding tert-OH is 1. The molecule has 0 saturated carbocycles. The van der Waals surface area contributed by atoms with Crippen LogP contribution in [-0.4, -0.2) is 35.2 Å². The molecule has 2 heterocycles. The normalized spacial score (nSPS) is 13.8. The second kappa shape index (κ2) is 11.6. The Morgan fingerprint density at radius 3 is 2.25 bits per heavy atom. The number of amides is 1. The van der Waals surface area contributed by atoms with Crippen molar-refractivity contribution >= 4 is 33.9 Å². The van der Waals surface area contributed by atoms with Gasteiger partial charge < -0.3 is 30.4 Å². The van der Waals surface area contributed by atoms with Gasteiger partial charge in [-0.25, -0.2) is 0 Å². The molecule has 1 saturated heterocycles. The minimum absolute atomic E-state index is 0.160. The molecule has 1 fully saturated rings. The second-order valence-corrected chi connectivity index (χ2v) is 10.1. The lowest BCUT2D eigenvalue weighted by atomic mass is 10.1. The van der Waals surface area contributed by atoms with Gasteiger partial charge in [-0.05, 0) is 103 Å². The maximum absolute atomic E-state index is 12.7. The Morgan fingerprint density at radius 2 is 1.52 bits per heavy atom. The Balaban J connectivity index is 0.990. The number of carbonyl (C=O) groups is 1. The first-order valence-corrected chi connectivity index (χ1v) is 13.6. The smallest absolute Gasteiger partial charge is 0.255 e. The summed E-state index contributed by atoms with van der Waals surface area (Å²) in [4.78, 5) is 18.2. The van der Waals surface area contributed by atoms with Crippen LogP contribution in [0.3, 0.4) is 0 Å². The molecule has 7 heteroatoms. The number of ether oxygens (including phenoxy) is 1. The van der Waals surface area contributed by atoms with E-state index in [1.54, 1.807) is 24.3 Å².